The Kier molecular flexibility index (Phi) is 5.55. The number of rotatable bonds is 5. The third kappa shape index (κ3) is 4.09. The summed E-state index contributed by atoms with van der Waals surface area (Å²) < 4.78 is 16.0. The summed E-state index contributed by atoms with van der Waals surface area (Å²) in [4.78, 5) is 34.5. The first-order valence-corrected chi connectivity index (χ1v) is 8.62. The number of para-hydroxylation sites is 1. The molecule has 3 rings (SSSR count). The molecule has 0 N–H and O–H groups in total. The second-order valence-corrected chi connectivity index (χ2v) is 6.36. The molecule has 9 heteroatoms. The van der Waals surface area contributed by atoms with Crippen LogP contribution in [-0.2, 0) is 0 Å². The average Bonchev–Trinajstić information content (AvgIpc) is 2.67. The van der Waals surface area contributed by atoms with Crippen LogP contribution in [0, 0.1) is 10.1 Å². The molecular formula is C19H12BrNO7. The number of nitrogens with zero attached hydrogens (tertiary/aromatic N) is 1. The first-order chi connectivity index (χ1) is 13.4. The molecule has 142 valence electrons. The fraction of sp³-hybridized carbons (Fsp3) is 0.0526. The number of halogens is 1. The van der Waals surface area contributed by atoms with Gasteiger partial charge in [-0.3, -0.25) is 10.1 Å². The van der Waals surface area contributed by atoms with Crippen molar-refractivity contribution in [1.29, 1.82) is 0 Å². The third-order valence-electron chi connectivity index (χ3n) is 3.70. The van der Waals surface area contributed by atoms with Crippen LogP contribution in [0.2, 0.25) is 0 Å². The van der Waals surface area contributed by atoms with E-state index in [2.05, 4.69) is 15.9 Å². The van der Waals surface area contributed by atoms with Crippen LogP contribution < -0.4 is 15.1 Å². The number of benzene rings is 2. The molecule has 0 spiro atoms. The molecule has 0 aliphatic rings. The molecule has 0 fully saturated rings. The lowest BCUT2D eigenvalue weighted by Crippen LogP contribution is -2.19. The van der Waals surface area contributed by atoms with Crippen molar-refractivity contribution in [2.24, 2.45) is 0 Å². The van der Waals surface area contributed by atoms with Crippen LogP contribution in [0.15, 0.2) is 62.3 Å². The van der Waals surface area contributed by atoms with E-state index >= 15 is 0 Å². The Bertz CT molecular complexity index is 1170. The number of carbonyl (C=O) groups excluding carboxylic acids is 1. The van der Waals surface area contributed by atoms with Gasteiger partial charge in [-0.1, -0.05) is 18.2 Å². The Balaban J connectivity index is 1.97. The number of ether oxygens (including phenoxy) is 2. The molecule has 2 aromatic carbocycles. The number of carbonyl (C=O) groups is 1. The topological polar surface area (TPSA) is 109 Å². The van der Waals surface area contributed by atoms with E-state index in [0.29, 0.717) is 21.0 Å². The predicted octanol–water partition coefficient (Wildman–Crippen LogP) is 4.03. The highest BCUT2D eigenvalue weighted by Crippen LogP contribution is 2.37. The van der Waals surface area contributed by atoms with Crippen LogP contribution in [0.25, 0.3) is 17.0 Å². The maximum atomic E-state index is 12.5. The van der Waals surface area contributed by atoms with Crippen molar-refractivity contribution in [2.75, 3.05) is 7.11 Å². The minimum absolute atomic E-state index is 0.0262. The van der Waals surface area contributed by atoms with Crippen molar-refractivity contribution in [3.8, 4) is 11.5 Å². The van der Waals surface area contributed by atoms with E-state index in [9.17, 15) is 19.7 Å². The highest BCUT2D eigenvalue weighted by molar-refractivity contribution is 9.10. The Morgan fingerprint density at radius 3 is 2.71 bits per heavy atom. The first kappa shape index (κ1) is 19.3. The lowest BCUT2D eigenvalue weighted by Gasteiger charge is -2.12. The summed E-state index contributed by atoms with van der Waals surface area (Å²) >= 11 is 3.24. The van der Waals surface area contributed by atoms with Crippen LogP contribution in [0.5, 0.6) is 11.5 Å². The van der Waals surface area contributed by atoms with Gasteiger partial charge in [-0.05, 0) is 45.8 Å². The summed E-state index contributed by atoms with van der Waals surface area (Å²) in [7, 11) is 1.35. The smallest absolute Gasteiger partial charge is 0.351 e. The second-order valence-electron chi connectivity index (χ2n) is 5.51. The maximum Gasteiger partial charge on any atom is 0.351 e. The van der Waals surface area contributed by atoms with Crippen LogP contribution >= 0.6 is 15.9 Å². The van der Waals surface area contributed by atoms with Crippen molar-refractivity contribution in [1.82, 2.24) is 0 Å². The minimum atomic E-state index is -0.924. The Labute approximate surface area is 166 Å². The monoisotopic (exact) mass is 445 g/mol. The SMILES string of the molecule is COc1cc(C=C[N+](=O)[O-])cc(Br)c1OC(=O)c1cc2ccccc2oc1=O. The average molecular weight is 446 g/mol. The van der Waals surface area contributed by atoms with E-state index in [0.717, 1.165) is 6.20 Å². The second kappa shape index (κ2) is 8.05. The maximum absolute atomic E-state index is 12.5. The number of methoxy groups -OCH3 is 1. The standard InChI is InChI=1S/C19H12BrNO7/c1-26-16-9-11(6-7-21(24)25)8-14(20)17(16)28-19(23)13-10-12-4-2-3-5-15(12)27-18(13)22/h2-10H,1H3. The van der Waals surface area contributed by atoms with E-state index in [-0.39, 0.29) is 17.1 Å². The summed E-state index contributed by atoms with van der Waals surface area (Å²) in [5.41, 5.74) is -0.301. The van der Waals surface area contributed by atoms with Crippen molar-refractivity contribution >= 4 is 38.9 Å². The van der Waals surface area contributed by atoms with Crippen LogP contribution in [0.1, 0.15) is 15.9 Å². The van der Waals surface area contributed by atoms with Crippen molar-refractivity contribution in [3.63, 3.8) is 0 Å². The van der Waals surface area contributed by atoms with Gasteiger partial charge in [0, 0.05) is 11.5 Å². The van der Waals surface area contributed by atoms with E-state index in [1.165, 1.54) is 31.4 Å². The van der Waals surface area contributed by atoms with E-state index in [1.807, 2.05) is 0 Å². The Hall–Kier alpha value is -3.46. The molecular weight excluding hydrogens is 434 g/mol. The molecule has 0 atom stereocenters. The molecule has 28 heavy (non-hydrogen) atoms. The van der Waals surface area contributed by atoms with Gasteiger partial charge in [-0.25, -0.2) is 9.59 Å². The van der Waals surface area contributed by atoms with Crippen LogP contribution in [0.4, 0.5) is 0 Å². The van der Waals surface area contributed by atoms with Crippen molar-refractivity contribution < 1.29 is 23.6 Å². The fourth-order valence-electron chi connectivity index (χ4n) is 2.43. The minimum Gasteiger partial charge on any atom is -0.493 e. The quantitative estimate of drug-likeness (QED) is 0.191. The van der Waals surface area contributed by atoms with Gasteiger partial charge in [-0.15, -0.1) is 0 Å². The van der Waals surface area contributed by atoms with E-state index < -0.39 is 16.5 Å². The third-order valence-corrected chi connectivity index (χ3v) is 4.29. The van der Waals surface area contributed by atoms with Crippen molar-refractivity contribution in [3.05, 3.63) is 84.8 Å². The molecule has 3 aromatic rings. The zero-order chi connectivity index (χ0) is 20.3. The van der Waals surface area contributed by atoms with Gasteiger partial charge in [0.05, 0.1) is 16.5 Å². The summed E-state index contributed by atoms with van der Waals surface area (Å²) in [5, 5.41) is 11.0. The fourth-order valence-corrected chi connectivity index (χ4v) is 2.97. The Morgan fingerprint density at radius 2 is 2.00 bits per heavy atom. The zero-order valence-electron chi connectivity index (χ0n) is 14.4. The number of esters is 1. The molecule has 0 saturated heterocycles. The molecule has 0 radical (unpaired) electrons. The van der Waals surface area contributed by atoms with Gasteiger partial charge in [0.15, 0.2) is 11.5 Å². The largest absolute Gasteiger partial charge is 0.493 e. The summed E-state index contributed by atoms with van der Waals surface area (Å²) in [6, 6.07) is 11.1. The number of hydrogen-bond donors (Lipinski definition) is 0. The number of fused-ring (bicyclic) bond motifs is 1. The van der Waals surface area contributed by atoms with Crippen molar-refractivity contribution in [2.45, 2.75) is 0 Å². The summed E-state index contributed by atoms with van der Waals surface area (Å²) in [6.07, 6.45) is 2.03. The van der Waals surface area contributed by atoms with E-state index in [4.69, 9.17) is 13.9 Å². The Morgan fingerprint density at radius 1 is 1.25 bits per heavy atom. The number of nitro groups is 1. The molecule has 0 bridgehead atoms. The van der Waals surface area contributed by atoms with Gasteiger partial charge in [-0.2, -0.15) is 0 Å². The lowest BCUT2D eigenvalue weighted by molar-refractivity contribution is -0.400. The van der Waals surface area contributed by atoms with E-state index in [1.54, 1.807) is 24.3 Å². The normalized spacial score (nSPS) is 10.9. The van der Waals surface area contributed by atoms with Gasteiger partial charge >= 0.3 is 11.6 Å². The molecule has 0 amide bonds. The molecule has 1 heterocycles. The highest BCUT2D eigenvalue weighted by atomic mass is 79.9. The summed E-state index contributed by atoms with van der Waals surface area (Å²) in [6.45, 7) is 0. The predicted molar refractivity (Wildman–Crippen MR) is 104 cm³/mol. The molecule has 1 aromatic heterocycles. The van der Waals surface area contributed by atoms with Gasteiger partial charge in [0.25, 0.3) is 0 Å². The number of hydrogen-bond acceptors (Lipinski definition) is 7. The highest BCUT2D eigenvalue weighted by Gasteiger charge is 2.20. The van der Waals surface area contributed by atoms with Gasteiger partial charge in [0.2, 0.25) is 6.20 Å². The lowest BCUT2D eigenvalue weighted by atomic mass is 10.2. The van der Waals surface area contributed by atoms with Crippen LogP contribution in [-0.4, -0.2) is 18.0 Å². The molecule has 0 unspecified atom stereocenters. The van der Waals surface area contributed by atoms with Gasteiger partial charge < -0.3 is 13.9 Å². The van der Waals surface area contributed by atoms with Crippen LogP contribution in [0.3, 0.4) is 0 Å². The van der Waals surface area contributed by atoms with Gasteiger partial charge in [0.1, 0.15) is 11.1 Å². The zero-order valence-corrected chi connectivity index (χ0v) is 16.0. The molecule has 0 saturated carbocycles. The summed E-state index contributed by atoms with van der Waals surface area (Å²) in [5.74, 6) is -0.749. The molecule has 0 aliphatic heterocycles. The first-order valence-electron chi connectivity index (χ1n) is 7.83. The molecule has 8 nitrogen and oxygen atoms in total. The molecule has 0 aliphatic carbocycles.